The normalized spacial score (nSPS) is 11.1. The molecular formula is C15H9ClN4S2. The first-order valence-electron chi connectivity index (χ1n) is 6.48. The number of benzene rings is 1. The molecule has 0 saturated carbocycles. The maximum Gasteiger partial charge on any atom is 0.213 e. The van der Waals surface area contributed by atoms with Crippen molar-refractivity contribution in [2.75, 3.05) is 0 Å². The molecule has 3 aromatic heterocycles. The van der Waals surface area contributed by atoms with Crippen molar-refractivity contribution in [1.29, 1.82) is 0 Å². The van der Waals surface area contributed by atoms with E-state index in [-0.39, 0.29) is 0 Å². The van der Waals surface area contributed by atoms with Gasteiger partial charge in [0.1, 0.15) is 0 Å². The van der Waals surface area contributed by atoms with E-state index in [0.29, 0.717) is 0 Å². The second-order valence-electron chi connectivity index (χ2n) is 4.52. The summed E-state index contributed by atoms with van der Waals surface area (Å²) in [6, 6.07) is 11.6. The molecule has 0 unspecified atom stereocenters. The molecule has 4 aromatic rings. The third-order valence-electron chi connectivity index (χ3n) is 3.00. The Morgan fingerprint density at radius 3 is 2.73 bits per heavy atom. The molecule has 0 fully saturated rings. The van der Waals surface area contributed by atoms with Crippen molar-refractivity contribution in [3.05, 3.63) is 60.0 Å². The Bertz CT molecular complexity index is 884. The molecule has 0 aliphatic heterocycles. The smallest absolute Gasteiger partial charge is 0.213 e. The number of imidazole rings is 1. The summed E-state index contributed by atoms with van der Waals surface area (Å²) in [4.78, 5) is 10.7. The molecule has 0 saturated heterocycles. The van der Waals surface area contributed by atoms with Crippen molar-refractivity contribution < 1.29 is 0 Å². The van der Waals surface area contributed by atoms with Crippen LogP contribution in [0, 0.1) is 0 Å². The average molecular weight is 345 g/mol. The van der Waals surface area contributed by atoms with Crippen LogP contribution in [0.1, 0.15) is 0 Å². The highest BCUT2D eigenvalue weighted by Gasteiger charge is 2.10. The standard InChI is InChI=1S/C15H9ClN4S2/c16-11-3-5-12(6-4-11)21-15-19-20-9-13(18-14(20)22-15)10-2-1-7-17-8-10/h1-9H. The topological polar surface area (TPSA) is 43.1 Å². The highest BCUT2D eigenvalue weighted by atomic mass is 35.5. The summed E-state index contributed by atoms with van der Waals surface area (Å²) in [5.41, 5.74) is 1.88. The molecule has 0 bridgehead atoms. The minimum Gasteiger partial charge on any atom is -0.264 e. The first-order valence-corrected chi connectivity index (χ1v) is 8.49. The van der Waals surface area contributed by atoms with Crippen LogP contribution in [0.3, 0.4) is 0 Å². The maximum atomic E-state index is 5.90. The lowest BCUT2D eigenvalue weighted by Gasteiger charge is -1.96. The summed E-state index contributed by atoms with van der Waals surface area (Å²) in [6.45, 7) is 0. The molecule has 0 amide bonds. The lowest BCUT2D eigenvalue weighted by Crippen LogP contribution is -1.81. The van der Waals surface area contributed by atoms with Crippen molar-refractivity contribution in [3.63, 3.8) is 0 Å². The van der Waals surface area contributed by atoms with Crippen molar-refractivity contribution >= 4 is 39.7 Å². The summed E-state index contributed by atoms with van der Waals surface area (Å²) < 4.78 is 2.76. The summed E-state index contributed by atoms with van der Waals surface area (Å²) in [7, 11) is 0. The van der Waals surface area contributed by atoms with E-state index in [0.717, 1.165) is 30.5 Å². The van der Waals surface area contributed by atoms with Gasteiger partial charge in [0.05, 0.1) is 11.9 Å². The van der Waals surface area contributed by atoms with Crippen molar-refractivity contribution in [1.82, 2.24) is 19.6 Å². The van der Waals surface area contributed by atoms with E-state index in [1.165, 1.54) is 0 Å². The Morgan fingerprint density at radius 1 is 1.14 bits per heavy atom. The zero-order chi connectivity index (χ0) is 14.9. The molecule has 0 radical (unpaired) electrons. The number of hydrogen-bond acceptors (Lipinski definition) is 5. The number of aromatic nitrogens is 4. The fourth-order valence-corrected chi connectivity index (χ4v) is 4.00. The summed E-state index contributed by atoms with van der Waals surface area (Å²) in [5.74, 6) is 0. The highest BCUT2D eigenvalue weighted by molar-refractivity contribution is 8.01. The second kappa shape index (κ2) is 5.72. The average Bonchev–Trinajstić information content (AvgIpc) is 3.09. The predicted octanol–water partition coefficient (Wildman–Crippen LogP) is 4.66. The zero-order valence-corrected chi connectivity index (χ0v) is 13.6. The SMILES string of the molecule is Clc1ccc(Sc2nn3cc(-c4cccnc4)nc3s2)cc1. The van der Waals surface area contributed by atoms with Gasteiger partial charge >= 0.3 is 0 Å². The first-order chi connectivity index (χ1) is 10.8. The molecule has 0 aliphatic rings. The Hall–Kier alpha value is -1.89. The van der Waals surface area contributed by atoms with Gasteiger partial charge in [-0.05, 0) is 36.4 Å². The quantitative estimate of drug-likeness (QED) is 0.542. The number of pyridine rings is 1. The number of nitrogens with zero attached hydrogens (tertiary/aromatic N) is 4. The Balaban J connectivity index is 1.62. The third-order valence-corrected chi connectivity index (χ3v) is 5.23. The van der Waals surface area contributed by atoms with Crippen molar-refractivity contribution in [2.24, 2.45) is 0 Å². The first kappa shape index (κ1) is 13.8. The highest BCUT2D eigenvalue weighted by Crippen LogP contribution is 2.32. The summed E-state index contributed by atoms with van der Waals surface area (Å²) >= 11 is 9.06. The van der Waals surface area contributed by atoms with Crippen LogP contribution in [-0.2, 0) is 0 Å². The molecule has 0 atom stereocenters. The van der Waals surface area contributed by atoms with Crippen LogP contribution >= 0.6 is 34.7 Å². The van der Waals surface area contributed by atoms with E-state index >= 15 is 0 Å². The molecule has 7 heteroatoms. The molecule has 0 spiro atoms. The number of halogens is 1. The van der Waals surface area contributed by atoms with Crippen molar-refractivity contribution in [3.8, 4) is 11.3 Å². The Morgan fingerprint density at radius 2 is 2.00 bits per heavy atom. The van der Waals surface area contributed by atoms with Gasteiger partial charge in [-0.3, -0.25) is 4.98 Å². The van der Waals surface area contributed by atoms with Crippen LogP contribution in [0.5, 0.6) is 0 Å². The van der Waals surface area contributed by atoms with Crippen LogP contribution in [0.4, 0.5) is 0 Å². The number of rotatable bonds is 3. The molecule has 0 aliphatic carbocycles. The van der Waals surface area contributed by atoms with E-state index in [2.05, 4.69) is 15.1 Å². The molecule has 4 nitrogen and oxygen atoms in total. The largest absolute Gasteiger partial charge is 0.264 e. The predicted molar refractivity (Wildman–Crippen MR) is 89.7 cm³/mol. The molecule has 3 heterocycles. The number of hydrogen-bond donors (Lipinski definition) is 0. The Labute approximate surface area is 139 Å². The van der Waals surface area contributed by atoms with Gasteiger partial charge in [0.15, 0.2) is 4.34 Å². The summed E-state index contributed by atoms with van der Waals surface area (Å²) in [5, 5.41) is 5.29. The lowest BCUT2D eigenvalue weighted by atomic mass is 10.2. The van der Waals surface area contributed by atoms with E-state index in [9.17, 15) is 0 Å². The van der Waals surface area contributed by atoms with Gasteiger partial charge in [-0.2, -0.15) is 0 Å². The lowest BCUT2D eigenvalue weighted by molar-refractivity contribution is 0.915. The number of fused-ring (bicyclic) bond motifs is 1. The van der Waals surface area contributed by atoms with E-state index in [1.807, 2.05) is 47.1 Å². The molecule has 0 N–H and O–H groups in total. The second-order valence-corrected chi connectivity index (χ2v) is 7.23. The van der Waals surface area contributed by atoms with Gasteiger partial charge in [-0.1, -0.05) is 34.7 Å². The molecular weight excluding hydrogens is 336 g/mol. The van der Waals surface area contributed by atoms with Crippen LogP contribution in [0.2, 0.25) is 5.02 Å². The van der Waals surface area contributed by atoms with Gasteiger partial charge in [-0.15, -0.1) is 5.10 Å². The minimum absolute atomic E-state index is 0.736. The minimum atomic E-state index is 0.736. The zero-order valence-electron chi connectivity index (χ0n) is 11.2. The molecule has 108 valence electrons. The van der Waals surface area contributed by atoms with Gasteiger partial charge in [0, 0.05) is 27.9 Å². The van der Waals surface area contributed by atoms with Crippen LogP contribution in [0.25, 0.3) is 16.2 Å². The fraction of sp³-hybridized carbons (Fsp3) is 0. The molecule has 1 aromatic carbocycles. The van der Waals surface area contributed by atoms with Gasteiger partial charge < -0.3 is 0 Å². The van der Waals surface area contributed by atoms with E-state index in [4.69, 9.17) is 11.6 Å². The van der Waals surface area contributed by atoms with Gasteiger partial charge in [0.25, 0.3) is 0 Å². The third kappa shape index (κ3) is 2.72. The fourth-order valence-electron chi connectivity index (χ4n) is 1.98. The van der Waals surface area contributed by atoms with Crippen LogP contribution in [0.15, 0.2) is 64.2 Å². The van der Waals surface area contributed by atoms with E-state index < -0.39 is 0 Å². The Kier molecular flexibility index (Phi) is 3.57. The monoisotopic (exact) mass is 344 g/mol. The van der Waals surface area contributed by atoms with E-state index in [1.54, 1.807) is 35.5 Å². The van der Waals surface area contributed by atoms with Gasteiger partial charge in [-0.25, -0.2) is 9.50 Å². The molecule has 22 heavy (non-hydrogen) atoms. The van der Waals surface area contributed by atoms with Crippen LogP contribution < -0.4 is 0 Å². The summed E-state index contributed by atoms with van der Waals surface area (Å²) in [6.07, 6.45) is 5.48. The molecule has 4 rings (SSSR count). The maximum absolute atomic E-state index is 5.90. The van der Waals surface area contributed by atoms with Crippen LogP contribution in [-0.4, -0.2) is 19.6 Å². The van der Waals surface area contributed by atoms with Crippen molar-refractivity contribution in [2.45, 2.75) is 9.24 Å². The van der Waals surface area contributed by atoms with Gasteiger partial charge in [0.2, 0.25) is 4.96 Å².